The molecule has 5 aromatic carbocycles. The summed E-state index contributed by atoms with van der Waals surface area (Å²) in [4.78, 5) is 2.37. The first-order valence-corrected chi connectivity index (χ1v) is 15.1. The van der Waals surface area contributed by atoms with E-state index < -0.39 is 6.29 Å². The Labute approximate surface area is 254 Å². The van der Waals surface area contributed by atoms with E-state index in [0.717, 1.165) is 46.3 Å². The van der Waals surface area contributed by atoms with Crippen LogP contribution >= 0.6 is 0 Å². The van der Waals surface area contributed by atoms with E-state index in [1.54, 1.807) is 0 Å². The second-order valence-corrected chi connectivity index (χ2v) is 11.6. The summed E-state index contributed by atoms with van der Waals surface area (Å²) in [6, 6.07) is 40.3. The Morgan fingerprint density at radius 1 is 0.767 bits per heavy atom. The number of benzene rings is 5. The molecule has 0 saturated carbocycles. The SMILES string of the molecule is CC(c1ccc2ccccc2c1)N(C)CC1CC(c2ccc(CO)cc2)OC(c2cccc(-c3cccc(CN)c3)c2)O1. The fourth-order valence-corrected chi connectivity index (χ4v) is 5.98. The molecule has 0 radical (unpaired) electrons. The number of fused-ring (bicyclic) bond motifs is 1. The minimum atomic E-state index is -0.511. The minimum absolute atomic E-state index is 0.0236. The summed E-state index contributed by atoms with van der Waals surface area (Å²) in [7, 11) is 2.17. The van der Waals surface area contributed by atoms with Crippen molar-refractivity contribution in [2.45, 2.75) is 51.0 Å². The van der Waals surface area contributed by atoms with Crippen LogP contribution in [0.15, 0.2) is 115 Å². The number of likely N-dealkylation sites (N-methyl/N-ethyl adjacent to an activating group) is 1. The number of rotatable bonds is 9. The number of hydrogen-bond donors (Lipinski definition) is 2. The Morgan fingerprint density at radius 3 is 2.28 bits per heavy atom. The highest BCUT2D eigenvalue weighted by Crippen LogP contribution is 2.39. The van der Waals surface area contributed by atoms with Crippen LogP contribution in [0.25, 0.3) is 21.9 Å². The molecular weight excluding hydrogens is 532 g/mol. The maximum Gasteiger partial charge on any atom is 0.184 e. The molecule has 1 heterocycles. The van der Waals surface area contributed by atoms with E-state index in [9.17, 15) is 5.11 Å². The van der Waals surface area contributed by atoms with Gasteiger partial charge in [-0.2, -0.15) is 0 Å². The second kappa shape index (κ2) is 13.2. The lowest BCUT2D eigenvalue weighted by molar-refractivity contribution is -0.253. The number of nitrogens with two attached hydrogens (primary N) is 1. The third kappa shape index (κ3) is 6.72. The Morgan fingerprint density at radius 2 is 1.51 bits per heavy atom. The molecule has 220 valence electrons. The zero-order chi connectivity index (χ0) is 29.8. The summed E-state index contributed by atoms with van der Waals surface area (Å²) in [5.74, 6) is 0. The first kappa shape index (κ1) is 29.2. The minimum Gasteiger partial charge on any atom is -0.392 e. The molecule has 0 aliphatic carbocycles. The van der Waals surface area contributed by atoms with Gasteiger partial charge in [-0.15, -0.1) is 0 Å². The van der Waals surface area contributed by atoms with Crippen molar-refractivity contribution in [2.75, 3.05) is 13.6 Å². The molecule has 1 aliphatic rings. The second-order valence-electron chi connectivity index (χ2n) is 11.6. The van der Waals surface area contributed by atoms with Gasteiger partial charge in [-0.05, 0) is 76.3 Å². The molecule has 3 N–H and O–H groups in total. The Bertz CT molecular complexity index is 1670. The van der Waals surface area contributed by atoms with Crippen LogP contribution < -0.4 is 5.73 Å². The average molecular weight is 573 g/mol. The lowest BCUT2D eigenvalue weighted by Gasteiger charge is -2.39. The van der Waals surface area contributed by atoms with Crippen LogP contribution in [-0.4, -0.2) is 29.7 Å². The van der Waals surface area contributed by atoms with Crippen LogP contribution in [0.4, 0.5) is 0 Å². The number of hydrogen-bond acceptors (Lipinski definition) is 5. The van der Waals surface area contributed by atoms with E-state index in [0.29, 0.717) is 6.54 Å². The van der Waals surface area contributed by atoms with E-state index >= 15 is 0 Å². The Hall–Kier alpha value is -3.84. The van der Waals surface area contributed by atoms with Gasteiger partial charge in [0.1, 0.15) is 0 Å². The molecule has 5 heteroatoms. The van der Waals surface area contributed by atoms with Crippen molar-refractivity contribution in [3.8, 4) is 11.1 Å². The van der Waals surface area contributed by atoms with Crippen molar-refractivity contribution in [1.82, 2.24) is 4.90 Å². The summed E-state index contributed by atoms with van der Waals surface area (Å²) >= 11 is 0. The molecule has 0 bridgehead atoms. The lowest BCUT2D eigenvalue weighted by Crippen LogP contribution is -2.38. The molecule has 5 aromatic rings. The zero-order valence-electron chi connectivity index (χ0n) is 24.9. The van der Waals surface area contributed by atoms with E-state index in [4.69, 9.17) is 15.2 Å². The molecule has 0 spiro atoms. The van der Waals surface area contributed by atoms with Crippen molar-refractivity contribution >= 4 is 10.8 Å². The van der Waals surface area contributed by atoms with E-state index in [-0.39, 0.29) is 24.9 Å². The molecule has 1 aliphatic heterocycles. The monoisotopic (exact) mass is 572 g/mol. The van der Waals surface area contributed by atoms with Gasteiger partial charge in [-0.25, -0.2) is 0 Å². The first-order chi connectivity index (χ1) is 21.0. The maximum absolute atomic E-state index is 9.56. The van der Waals surface area contributed by atoms with Gasteiger partial charge in [0.15, 0.2) is 6.29 Å². The molecule has 4 unspecified atom stereocenters. The van der Waals surface area contributed by atoms with Gasteiger partial charge < -0.3 is 20.3 Å². The van der Waals surface area contributed by atoms with Gasteiger partial charge in [-0.3, -0.25) is 4.90 Å². The Balaban J connectivity index is 1.26. The molecule has 1 fully saturated rings. The van der Waals surface area contributed by atoms with Crippen molar-refractivity contribution in [2.24, 2.45) is 5.73 Å². The van der Waals surface area contributed by atoms with E-state index in [2.05, 4.69) is 110 Å². The topological polar surface area (TPSA) is 68.0 Å². The van der Waals surface area contributed by atoms with Gasteiger partial charge in [0.2, 0.25) is 0 Å². The lowest BCUT2D eigenvalue weighted by atomic mass is 9.98. The predicted octanol–water partition coefficient (Wildman–Crippen LogP) is 7.70. The van der Waals surface area contributed by atoms with E-state index in [1.165, 1.54) is 16.3 Å². The number of aliphatic hydroxyl groups is 1. The van der Waals surface area contributed by atoms with Crippen LogP contribution in [0.2, 0.25) is 0 Å². The fourth-order valence-electron chi connectivity index (χ4n) is 5.98. The van der Waals surface area contributed by atoms with Crippen molar-refractivity contribution in [3.05, 3.63) is 143 Å². The molecule has 6 rings (SSSR count). The molecule has 0 aromatic heterocycles. The van der Waals surface area contributed by atoms with Crippen LogP contribution in [-0.2, 0) is 22.6 Å². The van der Waals surface area contributed by atoms with Crippen LogP contribution in [0.5, 0.6) is 0 Å². The maximum atomic E-state index is 9.56. The summed E-state index contributed by atoms with van der Waals surface area (Å²) in [6.45, 7) is 3.55. The standard InChI is InChI=1S/C38H40N2O3/c1-26(31-18-17-29-8-3-4-9-33(29)20-31)40(2)24-36-22-37(30-15-13-27(25-41)14-16-30)43-38(42-36)35-12-6-11-34(21-35)32-10-5-7-28(19-32)23-39/h3-21,26,36-38,41H,22-25,39H2,1-2H3. The highest BCUT2D eigenvalue weighted by Gasteiger charge is 2.33. The zero-order valence-corrected chi connectivity index (χ0v) is 24.9. The highest BCUT2D eigenvalue weighted by molar-refractivity contribution is 5.83. The highest BCUT2D eigenvalue weighted by atomic mass is 16.7. The van der Waals surface area contributed by atoms with Gasteiger partial charge in [0, 0.05) is 31.1 Å². The van der Waals surface area contributed by atoms with Crippen LogP contribution in [0, 0.1) is 0 Å². The van der Waals surface area contributed by atoms with Gasteiger partial charge >= 0.3 is 0 Å². The third-order valence-electron chi connectivity index (χ3n) is 8.68. The molecule has 0 amide bonds. The van der Waals surface area contributed by atoms with Crippen molar-refractivity contribution in [3.63, 3.8) is 0 Å². The molecule has 43 heavy (non-hydrogen) atoms. The smallest absolute Gasteiger partial charge is 0.184 e. The van der Waals surface area contributed by atoms with Crippen LogP contribution in [0.3, 0.4) is 0 Å². The number of nitrogens with zero attached hydrogens (tertiary/aromatic N) is 1. The molecule has 1 saturated heterocycles. The summed E-state index contributed by atoms with van der Waals surface area (Å²) in [5, 5.41) is 12.1. The fraction of sp³-hybridized carbons (Fsp3) is 0.263. The quantitative estimate of drug-likeness (QED) is 0.189. The Kier molecular flexibility index (Phi) is 8.98. The largest absolute Gasteiger partial charge is 0.392 e. The number of aliphatic hydroxyl groups excluding tert-OH is 1. The molecular formula is C38H40N2O3. The average Bonchev–Trinajstić information content (AvgIpc) is 3.07. The summed E-state index contributed by atoms with van der Waals surface area (Å²) < 4.78 is 13.4. The van der Waals surface area contributed by atoms with Crippen molar-refractivity contribution < 1.29 is 14.6 Å². The van der Waals surface area contributed by atoms with Gasteiger partial charge in [0.05, 0.1) is 18.8 Å². The predicted molar refractivity (Wildman–Crippen MR) is 173 cm³/mol. The first-order valence-electron chi connectivity index (χ1n) is 15.1. The summed E-state index contributed by atoms with van der Waals surface area (Å²) in [5.41, 5.74) is 13.5. The van der Waals surface area contributed by atoms with Gasteiger partial charge in [0.25, 0.3) is 0 Å². The number of ether oxygens (including phenoxy) is 2. The van der Waals surface area contributed by atoms with Crippen molar-refractivity contribution in [1.29, 1.82) is 0 Å². The van der Waals surface area contributed by atoms with Crippen LogP contribution in [0.1, 0.15) is 59.6 Å². The normalized spacial score (nSPS) is 19.5. The molecule has 5 nitrogen and oxygen atoms in total. The molecule has 4 atom stereocenters. The summed E-state index contributed by atoms with van der Waals surface area (Å²) in [6.07, 6.45) is 0.0499. The third-order valence-corrected chi connectivity index (χ3v) is 8.68. The van der Waals surface area contributed by atoms with E-state index in [1.807, 2.05) is 24.3 Å². The van der Waals surface area contributed by atoms with Gasteiger partial charge in [-0.1, -0.05) is 97.1 Å².